The second kappa shape index (κ2) is 9.77. The Balaban J connectivity index is 1.68. The van der Waals surface area contributed by atoms with Crippen LogP contribution < -0.4 is 16.8 Å². The number of nitrogens with two attached hydrogens (primary N) is 2. The van der Waals surface area contributed by atoms with Gasteiger partial charge in [-0.3, -0.25) is 9.59 Å². The summed E-state index contributed by atoms with van der Waals surface area (Å²) in [4.78, 5) is 45.8. The fourth-order valence-corrected chi connectivity index (χ4v) is 3.77. The normalized spacial score (nSPS) is 12.4. The van der Waals surface area contributed by atoms with Gasteiger partial charge in [-0.15, -0.1) is 0 Å². The maximum Gasteiger partial charge on any atom is 0.326 e. The molecular weight excluding hydrogens is 440 g/mol. The topological polar surface area (TPSA) is 197 Å². The summed E-state index contributed by atoms with van der Waals surface area (Å²) in [6.07, 6.45) is 2.77. The van der Waals surface area contributed by atoms with Gasteiger partial charge < -0.3 is 32.0 Å². The standard InChI is InChI=1S/C23H28N6O5/c1-23(2,10-9-13-11-26-19-17(13)18(24)28-22(25)29-19)14-5-3-12(4-6-14)20(32)27-15(21(33)34)7-8-16(30)31/h3-6,11,15H,7-10H2,1-2H3,(H,27,32)(H,30,31)(H,33,34)(H5,24,25,26,28,29)/t15-/m0/s1. The third-order valence-corrected chi connectivity index (χ3v) is 5.86. The Kier molecular flexibility index (Phi) is 7.04. The number of aryl methyl sites for hydroxylation is 1. The largest absolute Gasteiger partial charge is 0.481 e. The first kappa shape index (κ1) is 24.5. The number of amides is 1. The summed E-state index contributed by atoms with van der Waals surface area (Å²) < 4.78 is 0. The SMILES string of the molecule is CC(C)(CCc1c[nH]c2nc(N)nc(N)c12)c1ccc(C(=O)N[C@@H](CCC(=O)O)C(=O)O)cc1. The number of nitrogens with zero attached hydrogens (tertiary/aromatic N) is 2. The second-order valence-electron chi connectivity index (χ2n) is 8.76. The van der Waals surface area contributed by atoms with Crippen LogP contribution in [0.2, 0.25) is 0 Å². The molecule has 0 unspecified atom stereocenters. The van der Waals surface area contributed by atoms with E-state index in [0.29, 0.717) is 23.4 Å². The highest BCUT2D eigenvalue weighted by Crippen LogP contribution is 2.31. The zero-order valence-corrected chi connectivity index (χ0v) is 19.0. The van der Waals surface area contributed by atoms with E-state index in [-0.39, 0.29) is 24.2 Å². The highest BCUT2D eigenvalue weighted by molar-refractivity contribution is 5.96. The van der Waals surface area contributed by atoms with Gasteiger partial charge in [0.1, 0.15) is 17.5 Å². The lowest BCUT2D eigenvalue weighted by molar-refractivity contribution is -0.140. The summed E-state index contributed by atoms with van der Waals surface area (Å²) in [6.45, 7) is 4.17. The molecule has 1 atom stereocenters. The predicted molar refractivity (Wildman–Crippen MR) is 126 cm³/mol. The van der Waals surface area contributed by atoms with Crippen molar-refractivity contribution in [2.75, 3.05) is 11.5 Å². The molecule has 1 amide bonds. The lowest BCUT2D eigenvalue weighted by Crippen LogP contribution is -2.41. The number of aliphatic carboxylic acids is 2. The van der Waals surface area contributed by atoms with Crippen LogP contribution in [0.15, 0.2) is 30.5 Å². The molecule has 3 aromatic rings. The zero-order valence-electron chi connectivity index (χ0n) is 19.0. The highest BCUT2D eigenvalue weighted by Gasteiger charge is 2.24. The number of carbonyl (C=O) groups is 3. The van der Waals surface area contributed by atoms with Crippen molar-refractivity contribution >= 4 is 40.6 Å². The number of nitrogen functional groups attached to an aromatic ring is 2. The van der Waals surface area contributed by atoms with Gasteiger partial charge in [-0.05, 0) is 47.9 Å². The van der Waals surface area contributed by atoms with Gasteiger partial charge >= 0.3 is 11.9 Å². The fraction of sp³-hybridized carbons (Fsp3) is 0.348. The molecule has 11 nitrogen and oxygen atoms in total. The zero-order chi connectivity index (χ0) is 25.0. The van der Waals surface area contributed by atoms with Crippen LogP contribution in [0.3, 0.4) is 0 Å². The van der Waals surface area contributed by atoms with E-state index in [0.717, 1.165) is 22.9 Å². The van der Waals surface area contributed by atoms with E-state index in [2.05, 4.69) is 34.1 Å². The summed E-state index contributed by atoms with van der Waals surface area (Å²) in [7, 11) is 0. The van der Waals surface area contributed by atoms with E-state index >= 15 is 0 Å². The number of fused-ring (bicyclic) bond motifs is 1. The monoisotopic (exact) mass is 468 g/mol. The van der Waals surface area contributed by atoms with Crippen molar-refractivity contribution in [3.8, 4) is 0 Å². The maximum atomic E-state index is 12.5. The van der Waals surface area contributed by atoms with Gasteiger partial charge in [0.25, 0.3) is 5.91 Å². The second-order valence-corrected chi connectivity index (χ2v) is 8.76. The molecule has 0 bridgehead atoms. The minimum Gasteiger partial charge on any atom is -0.481 e. The molecule has 2 aromatic heterocycles. The molecule has 2 heterocycles. The lowest BCUT2D eigenvalue weighted by Gasteiger charge is -2.25. The van der Waals surface area contributed by atoms with E-state index in [1.54, 1.807) is 12.1 Å². The Hall–Kier alpha value is -4.15. The van der Waals surface area contributed by atoms with Gasteiger partial charge in [-0.25, -0.2) is 4.79 Å². The van der Waals surface area contributed by atoms with Gasteiger partial charge in [-0.2, -0.15) is 9.97 Å². The lowest BCUT2D eigenvalue weighted by atomic mass is 9.79. The number of carboxylic acid groups (broad SMARTS) is 2. The molecule has 0 aliphatic rings. The Morgan fingerprint density at radius 2 is 1.79 bits per heavy atom. The number of carboxylic acids is 2. The molecule has 0 fully saturated rings. The van der Waals surface area contributed by atoms with Crippen molar-refractivity contribution in [2.24, 2.45) is 0 Å². The van der Waals surface area contributed by atoms with Crippen molar-refractivity contribution in [1.82, 2.24) is 20.3 Å². The van der Waals surface area contributed by atoms with Crippen LogP contribution in [-0.4, -0.2) is 49.1 Å². The summed E-state index contributed by atoms with van der Waals surface area (Å²) >= 11 is 0. The third-order valence-electron chi connectivity index (χ3n) is 5.86. The number of rotatable bonds is 10. The van der Waals surface area contributed by atoms with E-state index in [9.17, 15) is 19.5 Å². The number of benzene rings is 1. The number of hydrogen-bond acceptors (Lipinski definition) is 7. The van der Waals surface area contributed by atoms with Gasteiger partial charge in [0.2, 0.25) is 5.95 Å². The number of anilines is 2. The molecule has 0 radical (unpaired) electrons. The van der Waals surface area contributed by atoms with Crippen LogP contribution in [0.1, 0.15) is 54.6 Å². The number of carbonyl (C=O) groups excluding carboxylic acids is 1. The number of hydrogen-bond donors (Lipinski definition) is 6. The predicted octanol–water partition coefficient (Wildman–Crippen LogP) is 2.08. The van der Waals surface area contributed by atoms with Crippen LogP contribution in [-0.2, 0) is 21.4 Å². The molecule has 0 saturated carbocycles. The van der Waals surface area contributed by atoms with Crippen LogP contribution in [0.25, 0.3) is 11.0 Å². The average molecular weight is 469 g/mol. The molecule has 0 aliphatic heterocycles. The number of aromatic amines is 1. The smallest absolute Gasteiger partial charge is 0.326 e. The quantitative estimate of drug-likeness (QED) is 0.258. The Morgan fingerprint density at radius 3 is 2.41 bits per heavy atom. The summed E-state index contributed by atoms with van der Waals surface area (Å²) in [5.74, 6) is -2.54. The summed E-state index contributed by atoms with van der Waals surface area (Å²) in [5.41, 5.74) is 14.3. The van der Waals surface area contributed by atoms with Gasteiger partial charge in [0.15, 0.2) is 0 Å². The van der Waals surface area contributed by atoms with Crippen molar-refractivity contribution in [2.45, 2.75) is 51.0 Å². The van der Waals surface area contributed by atoms with Gasteiger partial charge in [0.05, 0.1) is 5.39 Å². The van der Waals surface area contributed by atoms with Gasteiger partial charge in [0, 0.05) is 18.2 Å². The van der Waals surface area contributed by atoms with Crippen LogP contribution in [0.5, 0.6) is 0 Å². The van der Waals surface area contributed by atoms with Crippen LogP contribution in [0, 0.1) is 0 Å². The van der Waals surface area contributed by atoms with E-state index in [1.165, 1.54) is 0 Å². The molecule has 1 aromatic carbocycles. The molecule has 3 rings (SSSR count). The first-order chi connectivity index (χ1) is 16.0. The molecule has 0 saturated heterocycles. The fourth-order valence-electron chi connectivity index (χ4n) is 3.77. The first-order valence-corrected chi connectivity index (χ1v) is 10.7. The van der Waals surface area contributed by atoms with Crippen molar-refractivity contribution < 1.29 is 24.6 Å². The maximum absolute atomic E-state index is 12.5. The molecule has 34 heavy (non-hydrogen) atoms. The third kappa shape index (κ3) is 5.61. The number of H-pyrrole nitrogens is 1. The van der Waals surface area contributed by atoms with Crippen LogP contribution in [0.4, 0.5) is 11.8 Å². The van der Waals surface area contributed by atoms with E-state index in [4.69, 9.17) is 16.6 Å². The minimum atomic E-state index is -1.28. The van der Waals surface area contributed by atoms with Crippen molar-refractivity contribution in [1.29, 1.82) is 0 Å². The molecule has 11 heteroatoms. The Morgan fingerprint density at radius 1 is 1.12 bits per heavy atom. The highest BCUT2D eigenvalue weighted by atomic mass is 16.4. The van der Waals surface area contributed by atoms with Gasteiger partial charge in [-0.1, -0.05) is 26.0 Å². The Labute approximate surface area is 195 Å². The molecule has 0 spiro atoms. The minimum absolute atomic E-state index is 0.111. The molecular formula is C23H28N6O5. The number of nitrogens with one attached hydrogen (secondary N) is 2. The van der Waals surface area contributed by atoms with Crippen LogP contribution >= 0.6 is 0 Å². The molecule has 180 valence electrons. The molecule has 0 aliphatic carbocycles. The number of aromatic nitrogens is 3. The van der Waals surface area contributed by atoms with E-state index in [1.807, 2.05) is 18.3 Å². The molecule has 8 N–H and O–H groups in total. The summed E-state index contributed by atoms with van der Waals surface area (Å²) in [6, 6.07) is 5.64. The van der Waals surface area contributed by atoms with Crippen molar-refractivity contribution in [3.05, 3.63) is 47.2 Å². The van der Waals surface area contributed by atoms with Crippen molar-refractivity contribution in [3.63, 3.8) is 0 Å². The van der Waals surface area contributed by atoms with E-state index < -0.39 is 23.9 Å². The Bertz CT molecular complexity index is 1220. The first-order valence-electron chi connectivity index (χ1n) is 10.7. The average Bonchev–Trinajstić information content (AvgIpc) is 3.18. The summed E-state index contributed by atoms with van der Waals surface area (Å²) in [5, 5.41) is 21.1.